The maximum absolute atomic E-state index is 11.4. The number of anilines is 1. The fraction of sp³-hybridized carbons (Fsp3) is 0.417. The van der Waals surface area contributed by atoms with E-state index in [0.717, 1.165) is 30.9 Å². The lowest BCUT2D eigenvalue weighted by Crippen LogP contribution is -2.10. The maximum Gasteiger partial charge on any atom is 0.224 e. The Morgan fingerprint density at radius 3 is 3.20 bits per heavy atom. The standard InChI is InChI=1S/C12H15NO2/c1-2-3-12(14)13-10-4-5-11-9(8-10)6-7-15-11/h4-5,8H,2-3,6-7H2,1H3,(H,13,14). The molecular formula is C12H15NO2. The number of rotatable bonds is 3. The highest BCUT2D eigenvalue weighted by Gasteiger charge is 2.12. The number of hydrogen-bond donors (Lipinski definition) is 1. The average Bonchev–Trinajstić information content (AvgIpc) is 2.65. The first-order chi connectivity index (χ1) is 7.29. The number of ether oxygens (including phenoxy) is 1. The molecule has 0 aromatic heterocycles. The lowest BCUT2D eigenvalue weighted by atomic mass is 10.1. The Kier molecular flexibility index (Phi) is 2.90. The van der Waals surface area contributed by atoms with Crippen molar-refractivity contribution in [3.8, 4) is 5.75 Å². The minimum absolute atomic E-state index is 0.0800. The van der Waals surface area contributed by atoms with Gasteiger partial charge in [0.05, 0.1) is 6.61 Å². The van der Waals surface area contributed by atoms with Crippen LogP contribution in [0.5, 0.6) is 5.75 Å². The second-order valence-corrected chi connectivity index (χ2v) is 3.72. The first kappa shape index (κ1) is 10.0. The molecule has 0 fully saturated rings. The second-order valence-electron chi connectivity index (χ2n) is 3.72. The van der Waals surface area contributed by atoms with E-state index in [2.05, 4.69) is 5.32 Å². The maximum atomic E-state index is 11.4. The number of hydrogen-bond acceptors (Lipinski definition) is 2. The first-order valence-electron chi connectivity index (χ1n) is 5.35. The quantitative estimate of drug-likeness (QED) is 0.822. The number of benzene rings is 1. The molecule has 2 rings (SSSR count). The normalized spacial score (nSPS) is 13.1. The summed E-state index contributed by atoms with van der Waals surface area (Å²) in [5, 5.41) is 2.88. The van der Waals surface area contributed by atoms with Crippen molar-refractivity contribution in [1.29, 1.82) is 0 Å². The molecule has 1 aliphatic heterocycles. The lowest BCUT2D eigenvalue weighted by Gasteiger charge is -2.05. The van der Waals surface area contributed by atoms with Crippen LogP contribution in [-0.4, -0.2) is 12.5 Å². The minimum atomic E-state index is 0.0800. The molecule has 15 heavy (non-hydrogen) atoms. The van der Waals surface area contributed by atoms with Crippen LogP contribution < -0.4 is 10.1 Å². The van der Waals surface area contributed by atoms with Gasteiger partial charge in [0.15, 0.2) is 0 Å². The van der Waals surface area contributed by atoms with Crippen LogP contribution in [0.4, 0.5) is 5.69 Å². The van der Waals surface area contributed by atoms with Crippen LogP contribution in [-0.2, 0) is 11.2 Å². The van der Waals surface area contributed by atoms with E-state index >= 15 is 0 Å². The van der Waals surface area contributed by atoms with E-state index in [1.165, 1.54) is 5.56 Å². The van der Waals surface area contributed by atoms with E-state index < -0.39 is 0 Å². The van der Waals surface area contributed by atoms with Crippen molar-refractivity contribution in [3.05, 3.63) is 23.8 Å². The summed E-state index contributed by atoms with van der Waals surface area (Å²) >= 11 is 0. The van der Waals surface area contributed by atoms with Crippen LogP contribution in [0, 0.1) is 0 Å². The molecule has 3 heteroatoms. The Morgan fingerprint density at radius 1 is 1.53 bits per heavy atom. The third-order valence-electron chi connectivity index (χ3n) is 2.45. The first-order valence-corrected chi connectivity index (χ1v) is 5.35. The van der Waals surface area contributed by atoms with E-state index in [9.17, 15) is 4.79 Å². The predicted molar refractivity (Wildman–Crippen MR) is 59.2 cm³/mol. The van der Waals surface area contributed by atoms with Crippen LogP contribution >= 0.6 is 0 Å². The Bertz CT molecular complexity index is 374. The molecule has 0 aliphatic carbocycles. The molecule has 0 radical (unpaired) electrons. The summed E-state index contributed by atoms with van der Waals surface area (Å²) in [6, 6.07) is 5.80. The molecule has 3 nitrogen and oxygen atoms in total. The van der Waals surface area contributed by atoms with Crippen molar-refractivity contribution in [2.75, 3.05) is 11.9 Å². The Morgan fingerprint density at radius 2 is 2.40 bits per heavy atom. The van der Waals surface area contributed by atoms with Gasteiger partial charge >= 0.3 is 0 Å². The summed E-state index contributed by atoms with van der Waals surface area (Å²) in [5.41, 5.74) is 2.06. The van der Waals surface area contributed by atoms with Gasteiger partial charge < -0.3 is 10.1 Å². The molecule has 0 saturated carbocycles. The monoisotopic (exact) mass is 205 g/mol. The fourth-order valence-corrected chi connectivity index (χ4v) is 1.71. The zero-order valence-corrected chi connectivity index (χ0v) is 8.88. The van der Waals surface area contributed by atoms with Crippen LogP contribution in [0.3, 0.4) is 0 Å². The molecule has 0 atom stereocenters. The van der Waals surface area contributed by atoms with Crippen LogP contribution in [0.25, 0.3) is 0 Å². The van der Waals surface area contributed by atoms with Crippen LogP contribution in [0.1, 0.15) is 25.3 Å². The Balaban J connectivity index is 2.06. The van der Waals surface area contributed by atoms with Crippen LogP contribution in [0.15, 0.2) is 18.2 Å². The summed E-state index contributed by atoms with van der Waals surface area (Å²) in [6.45, 7) is 2.75. The molecule has 1 aromatic rings. The molecule has 80 valence electrons. The van der Waals surface area contributed by atoms with Crippen molar-refractivity contribution in [2.45, 2.75) is 26.2 Å². The van der Waals surface area contributed by atoms with Gasteiger partial charge in [0.25, 0.3) is 0 Å². The highest BCUT2D eigenvalue weighted by atomic mass is 16.5. The molecule has 1 N–H and O–H groups in total. The highest BCUT2D eigenvalue weighted by molar-refractivity contribution is 5.90. The highest BCUT2D eigenvalue weighted by Crippen LogP contribution is 2.27. The number of carbonyl (C=O) groups is 1. The fourth-order valence-electron chi connectivity index (χ4n) is 1.71. The smallest absolute Gasteiger partial charge is 0.224 e. The third-order valence-corrected chi connectivity index (χ3v) is 2.45. The molecule has 1 heterocycles. The van der Waals surface area contributed by atoms with E-state index in [4.69, 9.17) is 4.74 Å². The summed E-state index contributed by atoms with van der Waals surface area (Å²) in [6.07, 6.45) is 2.39. The summed E-state index contributed by atoms with van der Waals surface area (Å²) in [7, 11) is 0. The molecule has 0 bridgehead atoms. The topological polar surface area (TPSA) is 38.3 Å². The van der Waals surface area contributed by atoms with Crippen molar-refractivity contribution in [2.24, 2.45) is 0 Å². The molecule has 1 aromatic carbocycles. The number of fused-ring (bicyclic) bond motifs is 1. The summed E-state index contributed by atoms with van der Waals surface area (Å²) < 4.78 is 5.39. The van der Waals surface area contributed by atoms with E-state index in [1.54, 1.807) is 0 Å². The van der Waals surface area contributed by atoms with Gasteiger partial charge in [-0.15, -0.1) is 0 Å². The summed E-state index contributed by atoms with van der Waals surface area (Å²) in [4.78, 5) is 11.4. The molecular weight excluding hydrogens is 190 g/mol. The molecule has 0 spiro atoms. The zero-order valence-electron chi connectivity index (χ0n) is 8.88. The number of amides is 1. The number of nitrogens with one attached hydrogen (secondary N) is 1. The largest absolute Gasteiger partial charge is 0.493 e. The van der Waals surface area contributed by atoms with Gasteiger partial charge in [-0.2, -0.15) is 0 Å². The van der Waals surface area contributed by atoms with Crippen LogP contribution in [0.2, 0.25) is 0 Å². The minimum Gasteiger partial charge on any atom is -0.493 e. The predicted octanol–water partition coefficient (Wildman–Crippen LogP) is 2.36. The van der Waals surface area contributed by atoms with Crippen molar-refractivity contribution >= 4 is 11.6 Å². The van der Waals surface area contributed by atoms with Gasteiger partial charge in [-0.1, -0.05) is 6.92 Å². The third kappa shape index (κ3) is 2.29. The lowest BCUT2D eigenvalue weighted by molar-refractivity contribution is -0.116. The van der Waals surface area contributed by atoms with Gasteiger partial charge in [-0.3, -0.25) is 4.79 Å². The molecule has 0 unspecified atom stereocenters. The molecule has 1 amide bonds. The SMILES string of the molecule is CCCC(=O)Nc1ccc2c(c1)CCO2. The van der Waals surface area contributed by atoms with Gasteiger partial charge in [0.2, 0.25) is 5.91 Å². The van der Waals surface area contributed by atoms with Gasteiger partial charge in [-0.25, -0.2) is 0 Å². The second kappa shape index (κ2) is 4.34. The Hall–Kier alpha value is -1.51. The number of carbonyl (C=O) groups excluding carboxylic acids is 1. The van der Waals surface area contributed by atoms with E-state index in [-0.39, 0.29) is 5.91 Å². The van der Waals surface area contributed by atoms with Gasteiger partial charge in [0, 0.05) is 18.5 Å². The van der Waals surface area contributed by atoms with Crippen molar-refractivity contribution in [1.82, 2.24) is 0 Å². The Labute approximate surface area is 89.4 Å². The molecule has 0 saturated heterocycles. The van der Waals surface area contributed by atoms with Crippen molar-refractivity contribution < 1.29 is 9.53 Å². The van der Waals surface area contributed by atoms with E-state index in [1.807, 2.05) is 25.1 Å². The van der Waals surface area contributed by atoms with Gasteiger partial charge in [0.1, 0.15) is 5.75 Å². The van der Waals surface area contributed by atoms with Crippen molar-refractivity contribution in [3.63, 3.8) is 0 Å². The molecule has 1 aliphatic rings. The zero-order chi connectivity index (χ0) is 10.7. The summed E-state index contributed by atoms with van der Waals surface area (Å²) in [5.74, 6) is 1.03. The average molecular weight is 205 g/mol. The van der Waals surface area contributed by atoms with E-state index in [0.29, 0.717) is 6.42 Å². The van der Waals surface area contributed by atoms with Gasteiger partial charge in [-0.05, 0) is 30.2 Å².